The van der Waals surface area contributed by atoms with Crippen LogP contribution in [0.1, 0.15) is 42.0 Å². The monoisotopic (exact) mass is 474 g/mol. The average Bonchev–Trinajstić information content (AvgIpc) is 2.86. The molecule has 3 rings (SSSR count). The number of alkyl halides is 3. The summed E-state index contributed by atoms with van der Waals surface area (Å²) >= 11 is 0. The highest BCUT2D eigenvalue weighted by Gasteiger charge is 2.34. The van der Waals surface area contributed by atoms with Gasteiger partial charge in [0.25, 0.3) is 10.1 Å². The van der Waals surface area contributed by atoms with Crippen LogP contribution in [0.2, 0.25) is 0 Å². The van der Waals surface area contributed by atoms with Crippen LogP contribution in [0.15, 0.2) is 52.3 Å². The van der Waals surface area contributed by atoms with Crippen molar-refractivity contribution >= 4 is 25.5 Å². The van der Waals surface area contributed by atoms with Crippen molar-refractivity contribution in [2.75, 3.05) is 12.9 Å². The Labute approximate surface area is 179 Å². The summed E-state index contributed by atoms with van der Waals surface area (Å²) in [5.41, 5.74) is 1.23. The Kier molecular flexibility index (Phi) is 6.37. The third kappa shape index (κ3) is 5.19. The molecule has 0 amide bonds. The maximum Gasteiger partial charge on any atom is 0.416 e. The van der Waals surface area contributed by atoms with E-state index in [1.54, 1.807) is 18.2 Å². The van der Waals surface area contributed by atoms with Gasteiger partial charge in [-0.2, -0.15) is 21.6 Å². The number of allylic oxidation sites excluding steroid dienone is 1. The van der Waals surface area contributed by atoms with E-state index in [4.69, 9.17) is 0 Å². The molecule has 0 aliphatic carbocycles. The van der Waals surface area contributed by atoms with Gasteiger partial charge in [-0.15, -0.1) is 0 Å². The Morgan fingerprint density at radius 3 is 2.23 bits per heavy atom. The number of sulfone groups is 1. The first kappa shape index (κ1) is 23.5. The van der Waals surface area contributed by atoms with Crippen molar-refractivity contribution in [3.8, 4) is 0 Å². The molecule has 31 heavy (non-hydrogen) atoms. The molecule has 1 aliphatic heterocycles. The molecule has 0 unspecified atom stereocenters. The van der Waals surface area contributed by atoms with Gasteiger partial charge in [-0.25, -0.2) is 8.42 Å². The first-order valence-electron chi connectivity index (χ1n) is 9.42. The summed E-state index contributed by atoms with van der Waals surface area (Å²) in [7, 11) is -7.23. The standard InChI is InChI=1S/C21H21F3O5S2/c1-14-20(16-7-9-17(10-8-16)21(22,23)24)18-11-6-15(13-19(18)31(14,27)28)5-3-4-12-29-30(2,25)26/h6-11,13H,3-5,12H2,1-2H3. The van der Waals surface area contributed by atoms with Crippen LogP contribution in [0.4, 0.5) is 13.2 Å². The van der Waals surface area contributed by atoms with Gasteiger partial charge >= 0.3 is 6.18 Å². The molecular weight excluding hydrogens is 453 g/mol. The topological polar surface area (TPSA) is 77.5 Å². The van der Waals surface area contributed by atoms with E-state index in [2.05, 4.69) is 4.18 Å². The van der Waals surface area contributed by atoms with E-state index in [0.717, 1.165) is 24.0 Å². The lowest BCUT2D eigenvalue weighted by atomic mass is 9.95. The van der Waals surface area contributed by atoms with Gasteiger partial charge in [-0.1, -0.05) is 24.3 Å². The van der Waals surface area contributed by atoms with Crippen molar-refractivity contribution in [2.45, 2.75) is 37.3 Å². The fraction of sp³-hybridized carbons (Fsp3) is 0.333. The molecular formula is C21H21F3O5S2. The van der Waals surface area contributed by atoms with E-state index in [1.165, 1.54) is 19.1 Å². The highest BCUT2D eigenvalue weighted by molar-refractivity contribution is 7.95. The lowest BCUT2D eigenvalue weighted by molar-refractivity contribution is -0.137. The molecule has 0 aromatic heterocycles. The first-order valence-corrected chi connectivity index (χ1v) is 12.7. The van der Waals surface area contributed by atoms with Crippen LogP contribution < -0.4 is 0 Å². The molecule has 1 heterocycles. The Morgan fingerprint density at radius 2 is 1.65 bits per heavy atom. The summed E-state index contributed by atoms with van der Waals surface area (Å²) in [6.45, 7) is 1.51. The number of rotatable bonds is 7. The van der Waals surface area contributed by atoms with Crippen LogP contribution in [-0.4, -0.2) is 29.7 Å². The second-order valence-electron chi connectivity index (χ2n) is 7.32. The number of unbranched alkanes of at least 4 members (excludes halogenated alkanes) is 1. The minimum atomic E-state index is -4.47. The quantitative estimate of drug-likeness (QED) is 0.434. The van der Waals surface area contributed by atoms with E-state index >= 15 is 0 Å². The van der Waals surface area contributed by atoms with Crippen molar-refractivity contribution < 1.29 is 34.2 Å². The summed E-state index contributed by atoms with van der Waals surface area (Å²) in [5.74, 6) is 0. The van der Waals surface area contributed by atoms with Gasteiger partial charge in [0, 0.05) is 11.1 Å². The molecule has 2 aromatic carbocycles. The van der Waals surface area contributed by atoms with Gasteiger partial charge < -0.3 is 0 Å². The SMILES string of the molecule is CC1=C(c2ccc(C(F)(F)F)cc2)c2ccc(CCCCOS(C)(=O)=O)cc2S1(=O)=O. The summed E-state index contributed by atoms with van der Waals surface area (Å²) in [6.07, 6.45) is -1.87. The second-order valence-corrected chi connectivity index (χ2v) is 11.0. The zero-order valence-electron chi connectivity index (χ0n) is 16.9. The molecule has 168 valence electrons. The van der Waals surface area contributed by atoms with Crippen molar-refractivity contribution in [2.24, 2.45) is 0 Å². The summed E-state index contributed by atoms with van der Waals surface area (Å²) in [5, 5.41) is 0. The summed E-state index contributed by atoms with van der Waals surface area (Å²) in [4.78, 5) is 0.228. The normalized spacial score (nSPS) is 15.9. The van der Waals surface area contributed by atoms with Gasteiger partial charge in [0.15, 0.2) is 0 Å². The van der Waals surface area contributed by atoms with Crippen LogP contribution in [0.5, 0.6) is 0 Å². The van der Waals surface area contributed by atoms with E-state index < -0.39 is 31.7 Å². The van der Waals surface area contributed by atoms with E-state index in [0.29, 0.717) is 36.0 Å². The van der Waals surface area contributed by atoms with E-state index in [-0.39, 0.29) is 16.4 Å². The molecule has 1 aliphatic rings. The van der Waals surface area contributed by atoms with Crippen molar-refractivity contribution in [3.63, 3.8) is 0 Å². The van der Waals surface area contributed by atoms with Gasteiger partial charge in [0.05, 0.1) is 28.2 Å². The number of aryl methyl sites for hydroxylation is 1. The van der Waals surface area contributed by atoms with Gasteiger partial charge in [-0.05, 0) is 55.5 Å². The number of benzene rings is 2. The molecule has 0 saturated carbocycles. The molecule has 5 nitrogen and oxygen atoms in total. The van der Waals surface area contributed by atoms with E-state index in [1.807, 2.05) is 0 Å². The summed E-state index contributed by atoms with van der Waals surface area (Å²) < 4.78 is 90.9. The highest BCUT2D eigenvalue weighted by Crippen LogP contribution is 2.43. The van der Waals surface area contributed by atoms with Crippen LogP contribution >= 0.6 is 0 Å². The number of halogens is 3. The van der Waals surface area contributed by atoms with Crippen molar-refractivity contribution in [1.82, 2.24) is 0 Å². The zero-order chi connectivity index (χ0) is 23.0. The van der Waals surface area contributed by atoms with Gasteiger partial charge in [0.2, 0.25) is 9.84 Å². The Morgan fingerprint density at radius 1 is 1.00 bits per heavy atom. The van der Waals surface area contributed by atoms with Crippen molar-refractivity contribution in [3.05, 3.63) is 69.6 Å². The number of fused-ring (bicyclic) bond motifs is 1. The Balaban J connectivity index is 1.83. The van der Waals surface area contributed by atoms with Gasteiger partial charge in [0.1, 0.15) is 0 Å². The number of hydrogen-bond acceptors (Lipinski definition) is 5. The molecule has 10 heteroatoms. The van der Waals surface area contributed by atoms with Gasteiger partial charge in [-0.3, -0.25) is 4.18 Å². The first-order chi connectivity index (χ1) is 14.3. The molecule has 0 fully saturated rings. The Bertz CT molecular complexity index is 1230. The highest BCUT2D eigenvalue weighted by atomic mass is 32.2. The molecule has 2 aromatic rings. The smallest absolute Gasteiger partial charge is 0.270 e. The zero-order valence-corrected chi connectivity index (χ0v) is 18.5. The number of hydrogen-bond donors (Lipinski definition) is 0. The predicted molar refractivity (Wildman–Crippen MR) is 111 cm³/mol. The third-order valence-corrected chi connectivity index (χ3v) is 7.54. The molecule has 0 spiro atoms. The summed E-state index contributed by atoms with van der Waals surface area (Å²) in [6, 6.07) is 9.44. The van der Waals surface area contributed by atoms with Crippen LogP contribution in [0.25, 0.3) is 5.57 Å². The fourth-order valence-corrected chi connectivity index (χ4v) is 5.48. The largest absolute Gasteiger partial charge is 0.416 e. The predicted octanol–water partition coefficient (Wildman–Crippen LogP) is 4.57. The molecule has 0 N–H and O–H groups in total. The van der Waals surface area contributed by atoms with Crippen molar-refractivity contribution in [1.29, 1.82) is 0 Å². The molecule has 0 bridgehead atoms. The second kappa shape index (κ2) is 8.40. The average molecular weight is 475 g/mol. The van der Waals surface area contributed by atoms with E-state index in [9.17, 15) is 30.0 Å². The Hall–Kier alpha value is -2.17. The molecule has 0 radical (unpaired) electrons. The fourth-order valence-electron chi connectivity index (χ4n) is 3.47. The van der Waals surface area contributed by atoms with Crippen LogP contribution in [-0.2, 0) is 36.7 Å². The van der Waals surface area contributed by atoms with Crippen LogP contribution in [0.3, 0.4) is 0 Å². The maximum atomic E-state index is 12.9. The minimum absolute atomic E-state index is 0.0564. The third-order valence-electron chi connectivity index (χ3n) is 5.02. The van der Waals surface area contributed by atoms with Crippen LogP contribution in [0, 0.1) is 0 Å². The molecule has 0 atom stereocenters. The molecule has 0 saturated heterocycles. The maximum absolute atomic E-state index is 12.9. The minimum Gasteiger partial charge on any atom is -0.270 e. The lowest BCUT2D eigenvalue weighted by Gasteiger charge is -2.10. The lowest BCUT2D eigenvalue weighted by Crippen LogP contribution is -2.04.